The molecule has 1 heterocycles. The monoisotopic (exact) mass is 293 g/mol. The molecule has 4 heteroatoms. The molecule has 1 aromatic heterocycles. The Bertz CT molecular complexity index is 418. The van der Waals surface area contributed by atoms with Crippen molar-refractivity contribution in [3.05, 3.63) is 11.7 Å². The van der Waals surface area contributed by atoms with Crippen molar-refractivity contribution in [2.24, 2.45) is 5.92 Å². The van der Waals surface area contributed by atoms with Gasteiger partial charge in [-0.15, -0.1) is 0 Å². The molecule has 120 valence electrons. The van der Waals surface area contributed by atoms with Crippen LogP contribution >= 0.6 is 0 Å². The predicted molar refractivity (Wildman–Crippen MR) is 85.5 cm³/mol. The van der Waals surface area contributed by atoms with E-state index in [1.165, 1.54) is 25.7 Å². The van der Waals surface area contributed by atoms with E-state index < -0.39 is 0 Å². The Labute approximate surface area is 129 Å². The minimum atomic E-state index is 0.281. The standard InChI is InChI=1S/C17H31N3O/c1-5-10-18-15(6-2)13(4)17-19-16(20-21-17)14-9-7-8-12(3)11-14/h12-15,18H,5-11H2,1-4H3. The zero-order valence-corrected chi connectivity index (χ0v) is 14.1. The SMILES string of the molecule is CCCNC(CC)C(C)c1nc(C2CCCC(C)C2)no1. The van der Waals surface area contributed by atoms with Gasteiger partial charge in [0, 0.05) is 12.0 Å². The highest BCUT2D eigenvalue weighted by Crippen LogP contribution is 2.35. The molecule has 0 bridgehead atoms. The highest BCUT2D eigenvalue weighted by atomic mass is 16.5. The minimum Gasteiger partial charge on any atom is -0.339 e. The topological polar surface area (TPSA) is 51.0 Å². The minimum absolute atomic E-state index is 0.281. The summed E-state index contributed by atoms with van der Waals surface area (Å²) >= 11 is 0. The third-order valence-electron chi connectivity index (χ3n) is 4.85. The Kier molecular flexibility index (Phi) is 6.22. The Morgan fingerprint density at radius 1 is 1.33 bits per heavy atom. The molecule has 21 heavy (non-hydrogen) atoms. The Hall–Kier alpha value is -0.900. The summed E-state index contributed by atoms with van der Waals surface area (Å²) in [5.74, 6) is 3.32. The lowest BCUT2D eigenvalue weighted by molar-refractivity contribution is 0.304. The summed E-state index contributed by atoms with van der Waals surface area (Å²) in [5, 5.41) is 7.86. The summed E-state index contributed by atoms with van der Waals surface area (Å²) in [6.07, 6.45) is 7.29. The molecule has 0 amide bonds. The van der Waals surface area contributed by atoms with Gasteiger partial charge in [0.2, 0.25) is 5.89 Å². The van der Waals surface area contributed by atoms with Crippen LogP contribution in [0.15, 0.2) is 4.52 Å². The molecule has 1 N–H and O–H groups in total. The molecule has 4 atom stereocenters. The van der Waals surface area contributed by atoms with Crippen molar-refractivity contribution < 1.29 is 4.52 Å². The van der Waals surface area contributed by atoms with Crippen LogP contribution < -0.4 is 5.32 Å². The second kappa shape index (κ2) is 7.92. The van der Waals surface area contributed by atoms with E-state index in [-0.39, 0.29) is 5.92 Å². The lowest BCUT2D eigenvalue weighted by Crippen LogP contribution is -2.33. The number of rotatable bonds is 7. The van der Waals surface area contributed by atoms with Gasteiger partial charge in [-0.25, -0.2) is 0 Å². The molecule has 1 aliphatic rings. The quantitative estimate of drug-likeness (QED) is 0.816. The van der Waals surface area contributed by atoms with E-state index in [1.807, 2.05) is 0 Å². The smallest absolute Gasteiger partial charge is 0.231 e. The molecule has 4 unspecified atom stereocenters. The Morgan fingerprint density at radius 3 is 2.81 bits per heavy atom. The number of hydrogen-bond acceptors (Lipinski definition) is 4. The average molecular weight is 293 g/mol. The number of nitrogens with one attached hydrogen (secondary N) is 1. The molecule has 1 aliphatic carbocycles. The summed E-state index contributed by atoms with van der Waals surface area (Å²) < 4.78 is 5.58. The van der Waals surface area contributed by atoms with Crippen LogP contribution in [0.5, 0.6) is 0 Å². The molecule has 0 saturated heterocycles. The van der Waals surface area contributed by atoms with Crippen LogP contribution in [-0.4, -0.2) is 22.7 Å². The van der Waals surface area contributed by atoms with Gasteiger partial charge in [-0.2, -0.15) is 4.98 Å². The Balaban J connectivity index is 2.00. The van der Waals surface area contributed by atoms with E-state index in [9.17, 15) is 0 Å². The summed E-state index contributed by atoms with van der Waals surface area (Å²) in [4.78, 5) is 4.73. The first-order valence-corrected chi connectivity index (χ1v) is 8.72. The molecular weight excluding hydrogens is 262 g/mol. The fourth-order valence-corrected chi connectivity index (χ4v) is 3.44. The molecule has 4 nitrogen and oxygen atoms in total. The van der Waals surface area contributed by atoms with Crippen LogP contribution in [0.1, 0.15) is 89.8 Å². The maximum absolute atomic E-state index is 5.58. The molecule has 2 rings (SSSR count). The number of hydrogen-bond donors (Lipinski definition) is 1. The van der Waals surface area contributed by atoms with Gasteiger partial charge in [-0.05, 0) is 38.1 Å². The zero-order chi connectivity index (χ0) is 15.2. The van der Waals surface area contributed by atoms with Crippen LogP contribution in [0, 0.1) is 5.92 Å². The molecule has 1 aromatic rings. The first-order chi connectivity index (χ1) is 10.2. The summed E-state index contributed by atoms with van der Waals surface area (Å²) in [6.45, 7) is 9.97. The van der Waals surface area contributed by atoms with Gasteiger partial charge in [-0.1, -0.05) is 45.7 Å². The fourth-order valence-electron chi connectivity index (χ4n) is 3.44. The maximum Gasteiger partial charge on any atom is 0.231 e. The van der Waals surface area contributed by atoms with Crippen molar-refractivity contribution in [1.29, 1.82) is 0 Å². The largest absolute Gasteiger partial charge is 0.339 e. The van der Waals surface area contributed by atoms with Crippen molar-refractivity contribution in [2.45, 2.75) is 84.1 Å². The van der Waals surface area contributed by atoms with E-state index in [4.69, 9.17) is 9.51 Å². The highest BCUT2D eigenvalue weighted by molar-refractivity contribution is 5.02. The summed E-state index contributed by atoms with van der Waals surface area (Å²) in [7, 11) is 0. The maximum atomic E-state index is 5.58. The molecule has 0 aliphatic heterocycles. The van der Waals surface area contributed by atoms with Crippen LogP contribution in [0.4, 0.5) is 0 Å². The van der Waals surface area contributed by atoms with Crippen LogP contribution in [0.25, 0.3) is 0 Å². The molecule has 1 fully saturated rings. The molecule has 0 aromatic carbocycles. The highest BCUT2D eigenvalue weighted by Gasteiger charge is 2.27. The predicted octanol–water partition coefficient (Wildman–Crippen LogP) is 4.25. The Morgan fingerprint density at radius 2 is 2.14 bits per heavy atom. The van der Waals surface area contributed by atoms with Gasteiger partial charge in [0.05, 0.1) is 5.92 Å². The van der Waals surface area contributed by atoms with Gasteiger partial charge < -0.3 is 9.84 Å². The second-order valence-corrected chi connectivity index (χ2v) is 6.72. The first kappa shape index (κ1) is 16.5. The van der Waals surface area contributed by atoms with Crippen molar-refractivity contribution in [3.63, 3.8) is 0 Å². The van der Waals surface area contributed by atoms with Crippen LogP contribution in [0.2, 0.25) is 0 Å². The van der Waals surface area contributed by atoms with Crippen LogP contribution in [-0.2, 0) is 0 Å². The number of aromatic nitrogens is 2. The zero-order valence-electron chi connectivity index (χ0n) is 14.1. The summed E-state index contributed by atoms with van der Waals surface area (Å²) in [6, 6.07) is 0.420. The van der Waals surface area contributed by atoms with E-state index in [2.05, 4.69) is 38.2 Å². The van der Waals surface area contributed by atoms with Gasteiger partial charge in [-0.3, -0.25) is 0 Å². The molecule has 0 radical (unpaired) electrons. The first-order valence-electron chi connectivity index (χ1n) is 8.72. The summed E-state index contributed by atoms with van der Waals surface area (Å²) in [5.41, 5.74) is 0. The molecule has 1 saturated carbocycles. The number of nitrogens with zero attached hydrogens (tertiary/aromatic N) is 2. The van der Waals surface area contributed by atoms with E-state index >= 15 is 0 Å². The van der Waals surface area contributed by atoms with E-state index in [1.54, 1.807) is 0 Å². The van der Waals surface area contributed by atoms with E-state index in [0.717, 1.165) is 37.0 Å². The van der Waals surface area contributed by atoms with Crippen molar-refractivity contribution in [1.82, 2.24) is 15.5 Å². The third-order valence-corrected chi connectivity index (χ3v) is 4.85. The fraction of sp³-hybridized carbons (Fsp3) is 0.882. The lowest BCUT2D eigenvalue weighted by Gasteiger charge is -2.24. The third kappa shape index (κ3) is 4.29. The van der Waals surface area contributed by atoms with E-state index in [0.29, 0.717) is 12.0 Å². The van der Waals surface area contributed by atoms with Gasteiger partial charge in [0.15, 0.2) is 5.82 Å². The second-order valence-electron chi connectivity index (χ2n) is 6.72. The van der Waals surface area contributed by atoms with Gasteiger partial charge in [0.25, 0.3) is 0 Å². The van der Waals surface area contributed by atoms with Crippen molar-refractivity contribution in [3.8, 4) is 0 Å². The van der Waals surface area contributed by atoms with Crippen molar-refractivity contribution >= 4 is 0 Å². The van der Waals surface area contributed by atoms with Crippen LogP contribution in [0.3, 0.4) is 0 Å². The van der Waals surface area contributed by atoms with Gasteiger partial charge >= 0.3 is 0 Å². The normalized spacial score (nSPS) is 25.7. The van der Waals surface area contributed by atoms with Gasteiger partial charge in [0.1, 0.15) is 0 Å². The molecular formula is C17H31N3O. The van der Waals surface area contributed by atoms with Crippen molar-refractivity contribution in [2.75, 3.05) is 6.54 Å². The molecule has 0 spiro atoms. The lowest BCUT2D eigenvalue weighted by atomic mass is 9.82. The average Bonchev–Trinajstić information content (AvgIpc) is 2.97.